The quantitative estimate of drug-likeness (QED) is 0.727. The van der Waals surface area contributed by atoms with Gasteiger partial charge in [-0.1, -0.05) is 0 Å². The number of carboxylic acid groups (broad SMARTS) is 1. The second-order valence-electron chi connectivity index (χ2n) is 6.63. The molecule has 6 heteroatoms. The van der Waals surface area contributed by atoms with Crippen molar-refractivity contribution in [2.24, 2.45) is 0 Å². The van der Waals surface area contributed by atoms with Crippen LogP contribution in [0.3, 0.4) is 0 Å². The van der Waals surface area contributed by atoms with E-state index < -0.39 is 5.97 Å². The maximum absolute atomic E-state index is 11.7. The van der Waals surface area contributed by atoms with E-state index in [0.717, 1.165) is 43.8 Å². The number of piperidine rings is 1. The molecule has 138 valence electrons. The predicted octanol–water partition coefficient (Wildman–Crippen LogP) is 2.27. The average molecular weight is 348 g/mol. The smallest absolute Gasteiger partial charge is 0.317 e. The Balaban J connectivity index is 1.99. The van der Waals surface area contributed by atoms with Crippen LogP contribution in [0.5, 0.6) is 5.75 Å². The first-order chi connectivity index (χ1) is 11.9. The zero-order valence-electron chi connectivity index (χ0n) is 15.3. The molecule has 1 N–H and O–H groups in total. The normalized spacial score (nSPS) is 16.2. The predicted molar refractivity (Wildman–Crippen MR) is 96.2 cm³/mol. The fourth-order valence-corrected chi connectivity index (χ4v) is 3.32. The molecule has 1 heterocycles. The summed E-state index contributed by atoms with van der Waals surface area (Å²) in [6.07, 6.45) is 1.89. The number of carboxylic acids is 1. The fourth-order valence-electron chi connectivity index (χ4n) is 3.32. The number of ether oxygens (including phenoxy) is 1. The Kier molecular flexibility index (Phi) is 6.96. The molecule has 1 fully saturated rings. The van der Waals surface area contributed by atoms with E-state index in [2.05, 4.69) is 4.90 Å². The molecule has 0 aliphatic carbocycles. The van der Waals surface area contributed by atoms with Crippen molar-refractivity contribution in [2.45, 2.75) is 39.3 Å². The molecule has 0 bridgehead atoms. The molecule has 0 saturated carbocycles. The first-order valence-electron chi connectivity index (χ1n) is 8.81. The van der Waals surface area contributed by atoms with Gasteiger partial charge in [-0.3, -0.25) is 19.4 Å². The van der Waals surface area contributed by atoms with Gasteiger partial charge in [-0.05, 0) is 65.0 Å². The van der Waals surface area contributed by atoms with Crippen LogP contribution in [0.4, 0.5) is 0 Å². The molecule has 1 aliphatic rings. The second kappa shape index (κ2) is 8.97. The summed E-state index contributed by atoms with van der Waals surface area (Å²) in [7, 11) is 1.87. The topological polar surface area (TPSA) is 70.1 Å². The lowest BCUT2D eigenvalue weighted by atomic mass is 10.0. The highest BCUT2D eigenvalue weighted by Gasteiger charge is 2.24. The number of hydrogen-bond donors (Lipinski definition) is 1. The molecule has 0 spiro atoms. The van der Waals surface area contributed by atoms with Gasteiger partial charge in [-0.2, -0.15) is 0 Å². The van der Waals surface area contributed by atoms with Gasteiger partial charge in [0.25, 0.3) is 0 Å². The lowest BCUT2D eigenvalue weighted by Crippen LogP contribution is -2.44. The summed E-state index contributed by atoms with van der Waals surface area (Å²) in [6.45, 7) is 6.75. The maximum Gasteiger partial charge on any atom is 0.317 e. The van der Waals surface area contributed by atoms with Crippen LogP contribution in [0.25, 0.3) is 0 Å². The van der Waals surface area contributed by atoms with Gasteiger partial charge in [0.05, 0.1) is 13.2 Å². The Bertz CT molecular complexity index is 609. The van der Waals surface area contributed by atoms with Crippen LogP contribution in [0, 0.1) is 0 Å². The molecular formula is C19H28N2O4. The lowest BCUT2D eigenvalue weighted by Gasteiger charge is -2.36. The number of hydrogen-bond acceptors (Lipinski definition) is 5. The standard InChI is InChI=1S/C19H28N2O4/c1-4-25-18-6-5-15(14(2)22)11-16(18)12-21-9-7-17(8-10-21)20(3)13-19(23)24/h5-6,11,17H,4,7-10,12-13H2,1-3H3,(H,23,24). The third kappa shape index (κ3) is 5.54. The largest absolute Gasteiger partial charge is 0.494 e. The zero-order valence-corrected chi connectivity index (χ0v) is 15.3. The average Bonchev–Trinajstić information content (AvgIpc) is 2.56. The molecular weight excluding hydrogens is 320 g/mol. The van der Waals surface area contributed by atoms with Crippen molar-refractivity contribution < 1.29 is 19.4 Å². The highest BCUT2D eigenvalue weighted by Crippen LogP contribution is 2.25. The number of benzene rings is 1. The number of likely N-dealkylation sites (tertiary alicyclic amines) is 1. The van der Waals surface area contributed by atoms with Gasteiger partial charge >= 0.3 is 5.97 Å². The fraction of sp³-hybridized carbons (Fsp3) is 0.579. The van der Waals surface area contributed by atoms with E-state index in [9.17, 15) is 9.59 Å². The van der Waals surface area contributed by atoms with Crippen LogP contribution < -0.4 is 4.74 Å². The van der Waals surface area contributed by atoms with Crippen molar-refractivity contribution >= 4 is 11.8 Å². The van der Waals surface area contributed by atoms with E-state index in [1.165, 1.54) is 0 Å². The van der Waals surface area contributed by atoms with E-state index in [-0.39, 0.29) is 12.3 Å². The number of nitrogens with zero attached hydrogens (tertiary/aromatic N) is 2. The van der Waals surface area contributed by atoms with Crippen LogP contribution in [-0.2, 0) is 11.3 Å². The van der Waals surface area contributed by atoms with Crippen molar-refractivity contribution in [1.29, 1.82) is 0 Å². The monoisotopic (exact) mass is 348 g/mol. The second-order valence-corrected chi connectivity index (χ2v) is 6.63. The SMILES string of the molecule is CCOc1ccc(C(C)=O)cc1CN1CCC(N(C)CC(=O)O)CC1. The Morgan fingerprint density at radius 1 is 1.32 bits per heavy atom. The van der Waals surface area contributed by atoms with Crippen LogP contribution in [0.15, 0.2) is 18.2 Å². The molecule has 2 rings (SSSR count). The van der Waals surface area contributed by atoms with E-state index in [4.69, 9.17) is 9.84 Å². The Morgan fingerprint density at radius 3 is 2.56 bits per heavy atom. The van der Waals surface area contributed by atoms with Gasteiger partial charge in [0.1, 0.15) is 5.75 Å². The van der Waals surface area contributed by atoms with Crippen molar-refractivity contribution in [3.8, 4) is 5.75 Å². The molecule has 6 nitrogen and oxygen atoms in total. The summed E-state index contributed by atoms with van der Waals surface area (Å²) < 4.78 is 5.70. The van der Waals surface area contributed by atoms with E-state index in [0.29, 0.717) is 18.2 Å². The summed E-state index contributed by atoms with van der Waals surface area (Å²) in [5.74, 6) is 0.100. The number of ketones is 1. The minimum atomic E-state index is -0.785. The van der Waals surface area contributed by atoms with Crippen molar-refractivity contribution in [3.05, 3.63) is 29.3 Å². The van der Waals surface area contributed by atoms with Crippen molar-refractivity contribution in [2.75, 3.05) is 33.3 Å². The molecule has 0 atom stereocenters. The molecule has 25 heavy (non-hydrogen) atoms. The number of rotatable bonds is 8. The molecule has 1 saturated heterocycles. The van der Waals surface area contributed by atoms with Crippen LogP contribution in [-0.4, -0.2) is 66.0 Å². The van der Waals surface area contributed by atoms with Gasteiger partial charge in [0, 0.05) is 23.7 Å². The highest BCUT2D eigenvalue weighted by molar-refractivity contribution is 5.94. The Morgan fingerprint density at radius 2 is 2.00 bits per heavy atom. The summed E-state index contributed by atoms with van der Waals surface area (Å²) in [5.41, 5.74) is 1.74. The van der Waals surface area contributed by atoms with Gasteiger partial charge in [0.15, 0.2) is 5.78 Å². The molecule has 1 aliphatic heterocycles. The Labute approximate surface area is 149 Å². The molecule has 0 aromatic heterocycles. The molecule has 1 aromatic rings. The van der Waals surface area contributed by atoms with Gasteiger partial charge in [0.2, 0.25) is 0 Å². The molecule has 0 unspecified atom stereocenters. The summed E-state index contributed by atoms with van der Waals surface area (Å²) in [4.78, 5) is 26.8. The lowest BCUT2D eigenvalue weighted by molar-refractivity contribution is -0.138. The summed E-state index contributed by atoms with van der Waals surface area (Å²) in [6, 6.07) is 5.92. The first-order valence-corrected chi connectivity index (χ1v) is 8.81. The van der Waals surface area contributed by atoms with Crippen LogP contribution in [0.2, 0.25) is 0 Å². The zero-order chi connectivity index (χ0) is 18.4. The van der Waals surface area contributed by atoms with Crippen molar-refractivity contribution in [3.63, 3.8) is 0 Å². The van der Waals surface area contributed by atoms with E-state index in [1.807, 2.05) is 37.1 Å². The first kappa shape index (κ1) is 19.4. The van der Waals surface area contributed by atoms with Crippen molar-refractivity contribution in [1.82, 2.24) is 9.80 Å². The van der Waals surface area contributed by atoms with Gasteiger partial charge in [-0.15, -0.1) is 0 Å². The third-order valence-corrected chi connectivity index (χ3v) is 4.73. The highest BCUT2D eigenvalue weighted by atomic mass is 16.5. The number of likely N-dealkylation sites (N-methyl/N-ethyl adjacent to an activating group) is 1. The summed E-state index contributed by atoms with van der Waals surface area (Å²) >= 11 is 0. The van der Waals surface area contributed by atoms with E-state index in [1.54, 1.807) is 6.92 Å². The number of carbonyl (C=O) groups excluding carboxylic acids is 1. The Hall–Kier alpha value is -1.92. The number of aliphatic carboxylic acids is 1. The molecule has 0 radical (unpaired) electrons. The molecule has 0 amide bonds. The molecule has 1 aromatic carbocycles. The van der Waals surface area contributed by atoms with Gasteiger partial charge in [-0.25, -0.2) is 0 Å². The maximum atomic E-state index is 11.7. The number of Topliss-reactive ketones (excluding diaryl/α,β-unsaturated/α-hetero) is 1. The summed E-state index contributed by atoms with van der Waals surface area (Å²) in [5, 5.41) is 8.92. The van der Waals surface area contributed by atoms with Crippen LogP contribution >= 0.6 is 0 Å². The van der Waals surface area contributed by atoms with Crippen LogP contribution in [0.1, 0.15) is 42.6 Å². The number of carbonyl (C=O) groups is 2. The van der Waals surface area contributed by atoms with Gasteiger partial charge < -0.3 is 9.84 Å². The minimum Gasteiger partial charge on any atom is -0.494 e. The van der Waals surface area contributed by atoms with E-state index >= 15 is 0 Å². The third-order valence-electron chi connectivity index (χ3n) is 4.73. The minimum absolute atomic E-state index is 0.0540.